The van der Waals surface area contributed by atoms with Crippen molar-refractivity contribution >= 4 is 0 Å². The maximum atomic E-state index is 3.52. The zero-order valence-electron chi connectivity index (χ0n) is 13.9. The smallest absolute Gasteiger partial charge is 0.0469 e. The van der Waals surface area contributed by atoms with Crippen LogP contribution in [-0.4, -0.2) is 56.6 Å². The van der Waals surface area contributed by atoms with Gasteiger partial charge in [-0.15, -0.1) is 0 Å². The number of hydrogen-bond acceptors (Lipinski definition) is 3. The number of benzene rings is 1. The first-order valence-corrected chi connectivity index (χ1v) is 8.35. The Morgan fingerprint density at radius 3 is 2.52 bits per heavy atom. The maximum absolute atomic E-state index is 3.52. The molecule has 1 fully saturated rings. The number of nitrogens with one attached hydrogen (secondary N) is 1. The van der Waals surface area contributed by atoms with E-state index in [9.17, 15) is 0 Å². The largest absolute Gasteiger partial charge is 0.315 e. The highest BCUT2D eigenvalue weighted by atomic mass is 15.2. The van der Waals surface area contributed by atoms with Gasteiger partial charge in [0.2, 0.25) is 0 Å². The molecule has 0 amide bonds. The van der Waals surface area contributed by atoms with Gasteiger partial charge in [-0.05, 0) is 58.1 Å². The SMILES string of the molecule is CCNCC(c1ccccc1)N(C)CC1CCN(C)CC1. The lowest BCUT2D eigenvalue weighted by molar-refractivity contribution is 0.148. The number of likely N-dealkylation sites (N-methyl/N-ethyl adjacent to an activating group) is 2. The van der Waals surface area contributed by atoms with Crippen LogP contribution >= 0.6 is 0 Å². The molecule has 21 heavy (non-hydrogen) atoms. The second-order valence-corrected chi connectivity index (χ2v) is 6.42. The quantitative estimate of drug-likeness (QED) is 0.832. The molecule has 3 nitrogen and oxygen atoms in total. The van der Waals surface area contributed by atoms with Crippen molar-refractivity contribution in [1.82, 2.24) is 15.1 Å². The summed E-state index contributed by atoms with van der Waals surface area (Å²) in [5.41, 5.74) is 1.42. The molecule has 1 aromatic carbocycles. The first-order chi connectivity index (χ1) is 10.2. The van der Waals surface area contributed by atoms with E-state index in [1.807, 2.05) is 0 Å². The monoisotopic (exact) mass is 289 g/mol. The van der Waals surface area contributed by atoms with Gasteiger partial charge in [0, 0.05) is 19.1 Å². The molecule has 3 heteroatoms. The van der Waals surface area contributed by atoms with Crippen molar-refractivity contribution in [2.45, 2.75) is 25.8 Å². The fourth-order valence-electron chi connectivity index (χ4n) is 3.26. The highest BCUT2D eigenvalue weighted by Crippen LogP contribution is 2.23. The van der Waals surface area contributed by atoms with Crippen molar-refractivity contribution in [1.29, 1.82) is 0 Å². The van der Waals surface area contributed by atoms with E-state index in [4.69, 9.17) is 0 Å². The van der Waals surface area contributed by atoms with Gasteiger partial charge in [-0.1, -0.05) is 37.3 Å². The van der Waals surface area contributed by atoms with Crippen LogP contribution in [0.1, 0.15) is 31.4 Å². The molecular weight excluding hydrogens is 258 g/mol. The second kappa shape index (κ2) is 8.52. The summed E-state index contributed by atoms with van der Waals surface area (Å²) in [5.74, 6) is 0.846. The molecule has 118 valence electrons. The molecule has 0 spiro atoms. The topological polar surface area (TPSA) is 18.5 Å². The number of nitrogens with zero attached hydrogens (tertiary/aromatic N) is 2. The van der Waals surface area contributed by atoms with Gasteiger partial charge < -0.3 is 10.2 Å². The summed E-state index contributed by atoms with van der Waals surface area (Å²) in [7, 11) is 4.52. The molecule has 1 aliphatic rings. The number of rotatable bonds is 7. The van der Waals surface area contributed by atoms with Crippen LogP contribution in [0, 0.1) is 5.92 Å². The molecule has 0 saturated carbocycles. The van der Waals surface area contributed by atoms with E-state index in [1.165, 1.54) is 38.0 Å². The molecule has 1 saturated heterocycles. The van der Waals surface area contributed by atoms with Gasteiger partial charge in [0.05, 0.1) is 0 Å². The number of hydrogen-bond donors (Lipinski definition) is 1. The zero-order chi connectivity index (χ0) is 15.1. The van der Waals surface area contributed by atoms with Gasteiger partial charge in [0.1, 0.15) is 0 Å². The molecule has 1 aliphatic heterocycles. The Morgan fingerprint density at radius 1 is 1.24 bits per heavy atom. The fourth-order valence-corrected chi connectivity index (χ4v) is 3.26. The molecular formula is C18H31N3. The minimum Gasteiger partial charge on any atom is -0.315 e. The number of likely N-dealkylation sites (tertiary alicyclic amines) is 1. The van der Waals surface area contributed by atoms with Gasteiger partial charge in [-0.3, -0.25) is 4.90 Å². The lowest BCUT2D eigenvalue weighted by Crippen LogP contribution is -2.39. The molecule has 1 heterocycles. The van der Waals surface area contributed by atoms with Crippen LogP contribution in [0.2, 0.25) is 0 Å². The molecule has 2 rings (SSSR count). The van der Waals surface area contributed by atoms with E-state index >= 15 is 0 Å². The molecule has 1 N–H and O–H groups in total. The molecule has 1 aromatic rings. The molecule has 1 unspecified atom stereocenters. The standard InChI is InChI=1S/C18H31N3/c1-4-19-14-18(17-8-6-5-7-9-17)21(3)15-16-10-12-20(2)13-11-16/h5-9,16,18-19H,4,10-15H2,1-3H3. The van der Waals surface area contributed by atoms with Crippen molar-refractivity contribution in [3.63, 3.8) is 0 Å². The third kappa shape index (κ3) is 5.10. The third-order valence-corrected chi connectivity index (χ3v) is 4.69. The molecule has 1 atom stereocenters. The Balaban J connectivity index is 1.95. The Hall–Kier alpha value is -0.900. The average molecular weight is 289 g/mol. The summed E-state index contributed by atoms with van der Waals surface area (Å²) in [5, 5.41) is 3.52. The molecule has 0 aliphatic carbocycles. The summed E-state index contributed by atoms with van der Waals surface area (Å²) in [4.78, 5) is 5.00. The van der Waals surface area contributed by atoms with Gasteiger partial charge in [0.15, 0.2) is 0 Å². The van der Waals surface area contributed by atoms with E-state index in [-0.39, 0.29) is 0 Å². The van der Waals surface area contributed by atoms with Crippen LogP contribution in [0.3, 0.4) is 0 Å². The van der Waals surface area contributed by atoms with Gasteiger partial charge in [0.25, 0.3) is 0 Å². The minimum absolute atomic E-state index is 0.478. The number of piperidine rings is 1. The van der Waals surface area contributed by atoms with E-state index in [1.54, 1.807) is 0 Å². The Morgan fingerprint density at radius 2 is 1.90 bits per heavy atom. The predicted octanol–water partition coefficient (Wildman–Crippen LogP) is 2.61. The van der Waals surface area contributed by atoms with Crippen LogP contribution in [0.25, 0.3) is 0 Å². The molecule has 0 radical (unpaired) electrons. The Kier molecular flexibility index (Phi) is 6.68. The van der Waals surface area contributed by atoms with Crippen LogP contribution in [0.15, 0.2) is 30.3 Å². The van der Waals surface area contributed by atoms with E-state index in [2.05, 4.69) is 66.5 Å². The summed E-state index contributed by atoms with van der Waals surface area (Å²) >= 11 is 0. The van der Waals surface area contributed by atoms with Gasteiger partial charge >= 0.3 is 0 Å². The van der Waals surface area contributed by atoms with Crippen molar-refractivity contribution in [3.05, 3.63) is 35.9 Å². The van der Waals surface area contributed by atoms with Crippen molar-refractivity contribution in [3.8, 4) is 0 Å². The highest BCUT2D eigenvalue weighted by molar-refractivity contribution is 5.19. The van der Waals surface area contributed by atoms with Crippen LogP contribution in [0.5, 0.6) is 0 Å². The molecule has 0 aromatic heterocycles. The second-order valence-electron chi connectivity index (χ2n) is 6.42. The van der Waals surface area contributed by atoms with Gasteiger partial charge in [-0.25, -0.2) is 0 Å². The van der Waals surface area contributed by atoms with Crippen LogP contribution in [-0.2, 0) is 0 Å². The van der Waals surface area contributed by atoms with Crippen molar-refractivity contribution in [2.75, 3.05) is 46.8 Å². The van der Waals surface area contributed by atoms with Crippen molar-refractivity contribution in [2.24, 2.45) is 5.92 Å². The summed E-state index contributed by atoms with van der Waals surface area (Å²) < 4.78 is 0. The average Bonchev–Trinajstić information content (AvgIpc) is 2.51. The predicted molar refractivity (Wildman–Crippen MR) is 90.6 cm³/mol. The lowest BCUT2D eigenvalue weighted by Gasteiger charge is -2.35. The zero-order valence-corrected chi connectivity index (χ0v) is 13.9. The van der Waals surface area contributed by atoms with E-state index < -0.39 is 0 Å². The maximum Gasteiger partial charge on any atom is 0.0469 e. The molecule has 0 bridgehead atoms. The minimum atomic E-state index is 0.478. The third-order valence-electron chi connectivity index (χ3n) is 4.69. The van der Waals surface area contributed by atoms with E-state index in [0.717, 1.165) is 19.0 Å². The summed E-state index contributed by atoms with van der Waals surface area (Å²) in [6.45, 7) is 7.95. The first-order valence-electron chi connectivity index (χ1n) is 8.35. The highest BCUT2D eigenvalue weighted by Gasteiger charge is 2.22. The van der Waals surface area contributed by atoms with Crippen LogP contribution < -0.4 is 5.32 Å². The summed E-state index contributed by atoms with van der Waals surface area (Å²) in [6, 6.07) is 11.4. The first kappa shape index (κ1) is 16.5. The normalized spacial score (nSPS) is 19.0. The lowest BCUT2D eigenvalue weighted by atomic mass is 9.95. The van der Waals surface area contributed by atoms with E-state index in [0.29, 0.717) is 6.04 Å². The summed E-state index contributed by atoms with van der Waals surface area (Å²) in [6.07, 6.45) is 2.67. The van der Waals surface area contributed by atoms with Crippen molar-refractivity contribution < 1.29 is 0 Å². The Bertz CT molecular complexity index is 385. The van der Waals surface area contributed by atoms with Gasteiger partial charge in [-0.2, -0.15) is 0 Å². The Labute approximate surface area is 130 Å². The van der Waals surface area contributed by atoms with Crippen LogP contribution in [0.4, 0.5) is 0 Å². The fraction of sp³-hybridized carbons (Fsp3) is 0.667.